The van der Waals surface area contributed by atoms with Gasteiger partial charge in [-0.25, -0.2) is 8.42 Å². The summed E-state index contributed by atoms with van der Waals surface area (Å²) in [5, 5.41) is 7.06. The summed E-state index contributed by atoms with van der Waals surface area (Å²) in [6, 6.07) is 13.0. The number of carbonyl (C=O) groups excluding carboxylic acids is 1. The van der Waals surface area contributed by atoms with Gasteiger partial charge in [-0.15, -0.1) is 0 Å². The van der Waals surface area contributed by atoms with E-state index in [0.29, 0.717) is 35.1 Å². The van der Waals surface area contributed by atoms with E-state index in [1.807, 2.05) is 6.07 Å². The third-order valence-corrected chi connectivity index (χ3v) is 7.04. The first-order chi connectivity index (χ1) is 14.4. The predicted molar refractivity (Wildman–Crippen MR) is 110 cm³/mol. The summed E-state index contributed by atoms with van der Waals surface area (Å²) in [5.41, 5.74) is 0.969. The molecule has 156 valence electrons. The van der Waals surface area contributed by atoms with Crippen LogP contribution in [-0.2, 0) is 16.6 Å². The minimum absolute atomic E-state index is 0.0319. The fraction of sp³-hybridized carbons (Fsp3) is 0.250. The highest BCUT2D eigenvalue weighted by Gasteiger charge is 2.27. The molecule has 30 heavy (non-hydrogen) atoms. The first kappa shape index (κ1) is 20.5. The van der Waals surface area contributed by atoms with Gasteiger partial charge in [-0.3, -0.25) is 4.79 Å². The molecule has 0 atom stereocenters. The zero-order valence-corrected chi connectivity index (χ0v) is 17.5. The molecule has 8 nitrogen and oxygen atoms in total. The largest absolute Gasteiger partial charge is 0.343 e. The maximum atomic E-state index is 12.6. The summed E-state index contributed by atoms with van der Waals surface area (Å²) >= 11 is 6.12. The number of hydrogen-bond donors (Lipinski definition) is 1. The quantitative estimate of drug-likeness (QED) is 0.623. The number of sulfonamides is 1. The van der Waals surface area contributed by atoms with Crippen molar-refractivity contribution in [2.45, 2.75) is 24.3 Å². The Morgan fingerprint density at radius 3 is 2.50 bits per heavy atom. The number of benzene rings is 2. The van der Waals surface area contributed by atoms with E-state index in [4.69, 9.17) is 16.1 Å². The molecule has 0 spiro atoms. The number of amides is 1. The van der Waals surface area contributed by atoms with Crippen molar-refractivity contribution in [1.82, 2.24) is 19.8 Å². The molecule has 0 bridgehead atoms. The van der Waals surface area contributed by atoms with Crippen LogP contribution < -0.4 is 5.32 Å². The smallest absolute Gasteiger partial charge is 0.251 e. The standard InChI is InChI=1S/C20H19ClN4O4S/c21-17-6-2-1-5-16(17)19-23-18(29-24-19)13-22-20(26)14-7-9-15(10-8-14)30(27,28)25-11-3-4-12-25/h1-2,5-10H,3-4,11-13H2,(H,22,26). The Kier molecular flexibility index (Phi) is 5.85. The number of carbonyl (C=O) groups is 1. The van der Waals surface area contributed by atoms with Crippen molar-refractivity contribution in [3.05, 3.63) is 65.0 Å². The van der Waals surface area contributed by atoms with Gasteiger partial charge in [0.1, 0.15) is 0 Å². The van der Waals surface area contributed by atoms with E-state index in [1.165, 1.54) is 28.6 Å². The Morgan fingerprint density at radius 1 is 1.10 bits per heavy atom. The van der Waals surface area contributed by atoms with Gasteiger partial charge in [-0.05, 0) is 49.2 Å². The molecule has 2 heterocycles. The summed E-state index contributed by atoms with van der Waals surface area (Å²) in [6.07, 6.45) is 1.74. The highest BCUT2D eigenvalue weighted by Crippen LogP contribution is 2.25. The van der Waals surface area contributed by atoms with E-state index in [0.717, 1.165) is 12.8 Å². The highest BCUT2D eigenvalue weighted by molar-refractivity contribution is 7.89. The predicted octanol–water partition coefficient (Wildman–Crippen LogP) is 3.10. The van der Waals surface area contributed by atoms with Crippen LogP contribution in [0.3, 0.4) is 0 Å². The van der Waals surface area contributed by atoms with Crippen molar-refractivity contribution < 1.29 is 17.7 Å². The van der Waals surface area contributed by atoms with Gasteiger partial charge in [0, 0.05) is 24.2 Å². The maximum absolute atomic E-state index is 12.6. The monoisotopic (exact) mass is 446 g/mol. The van der Waals surface area contributed by atoms with E-state index < -0.39 is 10.0 Å². The highest BCUT2D eigenvalue weighted by atomic mass is 35.5. The lowest BCUT2D eigenvalue weighted by molar-refractivity contribution is 0.0946. The summed E-state index contributed by atoms with van der Waals surface area (Å²) < 4.78 is 31.7. The Hall–Kier alpha value is -2.75. The zero-order chi connectivity index (χ0) is 21.1. The van der Waals surface area contributed by atoms with Gasteiger partial charge in [0.15, 0.2) is 0 Å². The zero-order valence-electron chi connectivity index (χ0n) is 15.9. The third kappa shape index (κ3) is 4.23. The first-order valence-corrected chi connectivity index (χ1v) is 11.2. The van der Waals surface area contributed by atoms with Crippen molar-refractivity contribution in [2.24, 2.45) is 0 Å². The van der Waals surface area contributed by atoms with Gasteiger partial charge in [0.05, 0.1) is 16.5 Å². The molecule has 1 saturated heterocycles. The maximum Gasteiger partial charge on any atom is 0.251 e. The molecule has 0 unspecified atom stereocenters. The van der Waals surface area contributed by atoms with E-state index in [9.17, 15) is 13.2 Å². The van der Waals surface area contributed by atoms with Crippen molar-refractivity contribution in [3.8, 4) is 11.4 Å². The van der Waals surface area contributed by atoms with Crippen LogP contribution in [-0.4, -0.2) is 41.9 Å². The number of rotatable bonds is 6. The molecule has 0 saturated carbocycles. The minimum atomic E-state index is -3.51. The van der Waals surface area contributed by atoms with E-state index in [-0.39, 0.29) is 23.2 Å². The number of nitrogens with zero attached hydrogens (tertiary/aromatic N) is 3. The molecule has 1 amide bonds. The molecule has 1 aromatic heterocycles. The third-order valence-electron chi connectivity index (χ3n) is 4.80. The Morgan fingerprint density at radius 2 is 1.80 bits per heavy atom. The fourth-order valence-corrected chi connectivity index (χ4v) is 4.93. The van der Waals surface area contributed by atoms with Crippen LogP contribution in [0.5, 0.6) is 0 Å². The van der Waals surface area contributed by atoms with Crippen LogP contribution in [0.4, 0.5) is 0 Å². The second-order valence-corrected chi connectivity index (χ2v) is 9.15. The van der Waals surface area contributed by atoms with Gasteiger partial charge < -0.3 is 9.84 Å². The van der Waals surface area contributed by atoms with Crippen LogP contribution in [0.15, 0.2) is 57.9 Å². The Bertz CT molecular complexity index is 1160. The Labute approximate surface area is 178 Å². The summed E-state index contributed by atoms with van der Waals surface area (Å²) in [6.45, 7) is 1.10. The van der Waals surface area contributed by atoms with Crippen molar-refractivity contribution in [3.63, 3.8) is 0 Å². The number of hydrogen-bond acceptors (Lipinski definition) is 6. The van der Waals surface area contributed by atoms with Gasteiger partial charge >= 0.3 is 0 Å². The van der Waals surface area contributed by atoms with Crippen LogP contribution in [0.25, 0.3) is 11.4 Å². The van der Waals surface area contributed by atoms with Gasteiger partial charge in [0.25, 0.3) is 5.91 Å². The second kappa shape index (κ2) is 8.55. The first-order valence-electron chi connectivity index (χ1n) is 9.41. The average Bonchev–Trinajstić information content (AvgIpc) is 3.45. The molecular formula is C20H19ClN4O4S. The molecule has 10 heteroatoms. The molecule has 4 rings (SSSR count). The summed E-state index contributed by atoms with van der Waals surface area (Å²) in [4.78, 5) is 16.8. The summed E-state index contributed by atoms with van der Waals surface area (Å²) in [5.74, 6) is 0.186. The SMILES string of the molecule is O=C(NCc1nc(-c2ccccc2Cl)no1)c1ccc(S(=O)(=O)N2CCCC2)cc1. The van der Waals surface area contributed by atoms with Crippen LogP contribution in [0.2, 0.25) is 5.02 Å². The van der Waals surface area contributed by atoms with Crippen LogP contribution in [0.1, 0.15) is 29.1 Å². The van der Waals surface area contributed by atoms with E-state index >= 15 is 0 Å². The average molecular weight is 447 g/mol. The van der Waals surface area contributed by atoms with Crippen LogP contribution in [0, 0.1) is 0 Å². The number of halogens is 1. The molecule has 3 aromatic rings. The van der Waals surface area contributed by atoms with Gasteiger partial charge in [-0.1, -0.05) is 28.9 Å². The van der Waals surface area contributed by atoms with Crippen LogP contribution >= 0.6 is 11.6 Å². The molecule has 0 radical (unpaired) electrons. The van der Waals surface area contributed by atoms with Gasteiger partial charge in [0.2, 0.25) is 21.7 Å². The molecule has 1 aliphatic heterocycles. The number of nitrogens with one attached hydrogen (secondary N) is 1. The molecule has 0 aliphatic carbocycles. The van der Waals surface area contributed by atoms with Crippen molar-refractivity contribution in [2.75, 3.05) is 13.1 Å². The lowest BCUT2D eigenvalue weighted by atomic mass is 10.2. The molecule has 1 aliphatic rings. The van der Waals surface area contributed by atoms with Gasteiger partial charge in [-0.2, -0.15) is 9.29 Å². The lowest BCUT2D eigenvalue weighted by Gasteiger charge is -2.15. The summed E-state index contributed by atoms with van der Waals surface area (Å²) in [7, 11) is -3.51. The topological polar surface area (TPSA) is 105 Å². The Balaban J connectivity index is 1.39. The number of aromatic nitrogens is 2. The fourth-order valence-electron chi connectivity index (χ4n) is 3.19. The van der Waals surface area contributed by atoms with E-state index in [1.54, 1.807) is 18.2 Å². The normalized spacial score (nSPS) is 14.7. The molecular weight excluding hydrogens is 428 g/mol. The van der Waals surface area contributed by atoms with Crippen molar-refractivity contribution >= 4 is 27.5 Å². The molecule has 2 aromatic carbocycles. The molecule has 1 N–H and O–H groups in total. The van der Waals surface area contributed by atoms with E-state index in [2.05, 4.69) is 15.5 Å². The molecule has 1 fully saturated rings. The lowest BCUT2D eigenvalue weighted by Crippen LogP contribution is -2.28. The second-order valence-electron chi connectivity index (χ2n) is 6.81. The van der Waals surface area contributed by atoms with Crippen molar-refractivity contribution in [1.29, 1.82) is 0 Å². The minimum Gasteiger partial charge on any atom is -0.343 e.